The van der Waals surface area contributed by atoms with Crippen molar-refractivity contribution in [3.8, 4) is 0 Å². The van der Waals surface area contributed by atoms with Gasteiger partial charge in [0.2, 0.25) is 0 Å². The van der Waals surface area contributed by atoms with Crippen LogP contribution in [0.2, 0.25) is 0 Å². The second kappa shape index (κ2) is 7.40. The quantitative estimate of drug-likeness (QED) is 0.539. The van der Waals surface area contributed by atoms with Crippen LogP contribution in [0.3, 0.4) is 0 Å². The lowest BCUT2D eigenvalue weighted by molar-refractivity contribution is -0.205. The summed E-state index contributed by atoms with van der Waals surface area (Å²) in [6, 6.07) is 6.60. The molecule has 0 spiro atoms. The van der Waals surface area contributed by atoms with Crippen LogP contribution in [0.15, 0.2) is 29.2 Å². The lowest BCUT2D eigenvalue weighted by Crippen LogP contribution is -2.57. The van der Waals surface area contributed by atoms with Crippen molar-refractivity contribution in [3.05, 3.63) is 29.8 Å². The minimum absolute atomic E-state index is 0.298. The molecule has 4 N–H and O–H groups in total. The SMILES string of the molecule is COC(=O)c1ccccc1S[C@@H]1O[C@H](CO)[C@H](O)[C@H](O)[C@H]1O. The molecule has 1 aromatic rings. The third-order valence-corrected chi connectivity index (χ3v) is 4.62. The molecular weight excluding hydrogens is 312 g/mol. The summed E-state index contributed by atoms with van der Waals surface area (Å²) in [7, 11) is 1.26. The molecule has 0 aliphatic carbocycles. The fourth-order valence-corrected chi connectivity index (χ4v) is 3.32. The Hall–Kier alpha value is -1.16. The van der Waals surface area contributed by atoms with E-state index in [1.54, 1.807) is 24.3 Å². The van der Waals surface area contributed by atoms with Crippen LogP contribution in [-0.4, -0.2) is 70.0 Å². The molecule has 1 fully saturated rings. The summed E-state index contributed by atoms with van der Waals surface area (Å²) in [5.41, 5.74) is -0.645. The van der Waals surface area contributed by atoms with Gasteiger partial charge in [0, 0.05) is 4.90 Å². The second-order valence-corrected chi connectivity index (χ2v) is 5.94. The first-order chi connectivity index (χ1) is 10.5. The van der Waals surface area contributed by atoms with Gasteiger partial charge in [0.1, 0.15) is 29.9 Å². The zero-order chi connectivity index (χ0) is 16.3. The molecule has 1 heterocycles. The molecule has 0 saturated carbocycles. The first-order valence-electron chi connectivity index (χ1n) is 6.64. The molecule has 122 valence electrons. The smallest absolute Gasteiger partial charge is 0.338 e. The Bertz CT molecular complexity index is 522. The number of benzene rings is 1. The Labute approximate surface area is 131 Å². The highest BCUT2D eigenvalue weighted by atomic mass is 32.2. The third kappa shape index (κ3) is 3.43. The van der Waals surface area contributed by atoms with E-state index in [4.69, 9.17) is 9.84 Å². The molecule has 1 saturated heterocycles. The molecule has 0 unspecified atom stereocenters. The zero-order valence-corrected chi connectivity index (χ0v) is 12.6. The zero-order valence-electron chi connectivity index (χ0n) is 11.8. The van der Waals surface area contributed by atoms with Gasteiger partial charge >= 0.3 is 5.97 Å². The van der Waals surface area contributed by atoms with Crippen molar-refractivity contribution in [1.82, 2.24) is 0 Å². The van der Waals surface area contributed by atoms with Crippen LogP contribution in [0.5, 0.6) is 0 Å². The van der Waals surface area contributed by atoms with Crippen LogP contribution in [-0.2, 0) is 9.47 Å². The van der Waals surface area contributed by atoms with Gasteiger partial charge in [-0.25, -0.2) is 4.79 Å². The maximum atomic E-state index is 11.7. The van der Waals surface area contributed by atoms with Crippen molar-refractivity contribution in [2.24, 2.45) is 0 Å². The topological polar surface area (TPSA) is 116 Å². The van der Waals surface area contributed by atoms with E-state index in [1.165, 1.54) is 7.11 Å². The number of esters is 1. The number of aliphatic hydroxyl groups excluding tert-OH is 4. The standard InChI is InChI=1S/C14H18O7S/c1-20-13(19)7-4-2-3-5-9(7)22-14-12(18)11(17)10(16)8(6-15)21-14/h2-5,8,10-12,14-18H,6H2,1H3/t8-,10+,11+,12-,14+/m1/s1. The molecular formula is C14H18O7S. The van der Waals surface area contributed by atoms with Crippen molar-refractivity contribution >= 4 is 17.7 Å². The number of methoxy groups -OCH3 is 1. The monoisotopic (exact) mass is 330 g/mol. The van der Waals surface area contributed by atoms with E-state index in [2.05, 4.69) is 4.74 Å². The Morgan fingerprint density at radius 2 is 1.91 bits per heavy atom. The normalized spacial score (nSPS) is 31.8. The average molecular weight is 330 g/mol. The first-order valence-corrected chi connectivity index (χ1v) is 7.52. The van der Waals surface area contributed by atoms with E-state index in [9.17, 15) is 20.1 Å². The van der Waals surface area contributed by atoms with Crippen molar-refractivity contribution in [1.29, 1.82) is 0 Å². The molecule has 5 atom stereocenters. The highest BCUT2D eigenvalue weighted by molar-refractivity contribution is 8.00. The average Bonchev–Trinajstić information content (AvgIpc) is 2.55. The van der Waals surface area contributed by atoms with Gasteiger partial charge in [0.05, 0.1) is 19.3 Å². The Balaban J connectivity index is 2.21. The van der Waals surface area contributed by atoms with E-state index < -0.39 is 42.4 Å². The number of ether oxygens (including phenoxy) is 2. The van der Waals surface area contributed by atoms with Gasteiger partial charge in [0.15, 0.2) is 0 Å². The maximum Gasteiger partial charge on any atom is 0.338 e. The second-order valence-electron chi connectivity index (χ2n) is 4.80. The van der Waals surface area contributed by atoms with Crippen molar-refractivity contribution in [2.45, 2.75) is 34.7 Å². The number of hydrogen-bond donors (Lipinski definition) is 4. The number of rotatable bonds is 4. The van der Waals surface area contributed by atoms with Gasteiger partial charge in [-0.15, -0.1) is 0 Å². The molecule has 8 heteroatoms. The number of thioether (sulfide) groups is 1. The summed E-state index contributed by atoms with van der Waals surface area (Å²) >= 11 is 1.01. The maximum absolute atomic E-state index is 11.7. The predicted molar refractivity (Wildman–Crippen MR) is 77.4 cm³/mol. The first kappa shape index (κ1) is 17.2. The van der Waals surface area contributed by atoms with E-state index in [0.717, 1.165) is 11.8 Å². The summed E-state index contributed by atoms with van der Waals surface area (Å²) in [5.74, 6) is -0.535. The van der Waals surface area contributed by atoms with E-state index >= 15 is 0 Å². The number of carbonyl (C=O) groups is 1. The Morgan fingerprint density at radius 1 is 1.23 bits per heavy atom. The molecule has 2 rings (SSSR count). The largest absolute Gasteiger partial charge is 0.465 e. The van der Waals surface area contributed by atoms with Gasteiger partial charge in [-0.2, -0.15) is 0 Å². The van der Waals surface area contributed by atoms with Crippen LogP contribution >= 0.6 is 11.8 Å². The summed E-state index contributed by atoms with van der Waals surface area (Å²) < 4.78 is 10.1. The Morgan fingerprint density at radius 3 is 2.55 bits per heavy atom. The molecule has 0 aromatic heterocycles. The molecule has 1 aliphatic heterocycles. The van der Waals surface area contributed by atoms with Crippen LogP contribution < -0.4 is 0 Å². The molecule has 22 heavy (non-hydrogen) atoms. The molecule has 0 bridgehead atoms. The van der Waals surface area contributed by atoms with Crippen LogP contribution in [0.1, 0.15) is 10.4 Å². The lowest BCUT2D eigenvalue weighted by Gasteiger charge is -2.39. The molecule has 1 aromatic carbocycles. The molecule has 7 nitrogen and oxygen atoms in total. The van der Waals surface area contributed by atoms with Gasteiger partial charge in [-0.05, 0) is 12.1 Å². The number of aliphatic hydroxyl groups is 4. The Kier molecular flexibility index (Phi) is 5.79. The van der Waals surface area contributed by atoms with E-state index in [1.807, 2.05) is 0 Å². The fourth-order valence-electron chi connectivity index (χ4n) is 2.14. The van der Waals surface area contributed by atoms with Gasteiger partial charge in [-0.3, -0.25) is 0 Å². The van der Waals surface area contributed by atoms with Crippen molar-refractivity contribution in [2.75, 3.05) is 13.7 Å². The number of carbonyl (C=O) groups excluding carboxylic acids is 1. The fraction of sp³-hybridized carbons (Fsp3) is 0.500. The summed E-state index contributed by atoms with van der Waals surface area (Å²) in [6.07, 6.45) is -5.21. The van der Waals surface area contributed by atoms with Crippen molar-refractivity contribution in [3.63, 3.8) is 0 Å². The van der Waals surface area contributed by atoms with E-state index in [0.29, 0.717) is 10.5 Å². The van der Waals surface area contributed by atoms with Crippen LogP contribution in [0, 0.1) is 0 Å². The van der Waals surface area contributed by atoms with Gasteiger partial charge in [0.25, 0.3) is 0 Å². The minimum Gasteiger partial charge on any atom is -0.465 e. The highest BCUT2D eigenvalue weighted by Gasteiger charge is 2.44. The lowest BCUT2D eigenvalue weighted by atomic mass is 10.0. The predicted octanol–water partition coefficient (Wildman–Crippen LogP) is -0.635. The summed E-state index contributed by atoms with van der Waals surface area (Å²) in [6.45, 7) is -0.499. The highest BCUT2D eigenvalue weighted by Crippen LogP contribution is 2.35. The molecule has 0 radical (unpaired) electrons. The minimum atomic E-state index is -1.45. The summed E-state index contributed by atoms with van der Waals surface area (Å²) in [4.78, 5) is 12.2. The van der Waals surface area contributed by atoms with Gasteiger partial charge in [-0.1, -0.05) is 23.9 Å². The van der Waals surface area contributed by atoms with Crippen LogP contribution in [0.25, 0.3) is 0 Å². The van der Waals surface area contributed by atoms with Gasteiger partial charge < -0.3 is 29.9 Å². The summed E-state index contributed by atoms with van der Waals surface area (Å²) in [5, 5.41) is 38.7. The van der Waals surface area contributed by atoms with Crippen molar-refractivity contribution < 1.29 is 34.7 Å². The van der Waals surface area contributed by atoms with Crippen LogP contribution in [0.4, 0.5) is 0 Å². The molecule has 1 aliphatic rings. The number of hydrogen-bond acceptors (Lipinski definition) is 8. The van der Waals surface area contributed by atoms with E-state index in [-0.39, 0.29) is 0 Å². The third-order valence-electron chi connectivity index (χ3n) is 3.38. The molecule has 0 amide bonds.